The van der Waals surface area contributed by atoms with E-state index in [0.717, 1.165) is 5.69 Å². The van der Waals surface area contributed by atoms with Gasteiger partial charge in [0.15, 0.2) is 5.71 Å². The first kappa shape index (κ1) is 39.1. The SMILES string of the molecule is CCN1C(=CC2=C(O)C(=CC3=[N+](CCCCCC(=O)O)c4c(cc(S(=O)(=O)[O-])c5ccccc45)C3(C)C)C2=O)C(C)(C)c2cc(S(=O)(=O)O)c3ccccc3c21. The number of Topliss-reactive ketones (excluding diaryl/α,β-unsaturated/α-hetero) is 1. The van der Waals surface area contributed by atoms with Crippen LogP contribution < -0.4 is 4.90 Å². The molecule has 2 aliphatic heterocycles. The summed E-state index contributed by atoms with van der Waals surface area (Å²) in [4.78, 5) is 26.7. The first-order valence-electron chi connectivity index (χ1n) is 18.3. The van der Waals surface area contributed by atoms with Gasteiger partial charge in [0.25, 0.3) is 10.1 Å². The zero-order chi connectivity index (χ0) is 40.7. The molecule has 3 N–H and O–H groups in total. The van der Waals surface area contributed by atoms with E-state index < -0.39 is 42.8 Å². The highest BCUT2D eigenvalue weighted by atomic mass is 32.2. The molecule has 12 nitrogen and oxygen atoms in total. The van der Waals surface area contributed by atoms with Gasteiger partial charge in [0.2, 0.25) is 11.5 Å². The number of hydrogen-bond donors (Lipinski definition) is 3. The molecule has 0 saturated carbocycles. The third-order valence-electron chi connectivity index (χ3n) is 11.4. The molecule has 0 bridgehead atoms. The molecule has 0 atom stereocenters. The number of likely N-dealkylation sites (N-methyl/N-ethyl adjacent to an activating group) is 1. The lowest BCUT2D eigenvalue weighted by molar-refractivity contribution is -0.436. The third kappa shape index (κ3) is 6.15. The van der Waals surface area contributed by atoms with Gasteiger partial charge in [-0.1, -0.05) is 56.3 Å². The first-order chi connectivity index (χ1) is 26.2. The Bertz CT molecular complexity index is 2770. The zero-order valence-corrected chi connectivity index (χ0v) is 33.2. The van der Waals surface area contributed by atoms with Crippen molar-refractivity contribution in [2.45, 2.75) is 80.9 Å². The van der Waals surface area contributed by atoms with E-state index in [2.05, 4.69) is 0 Å². The zero-order valence-electron chi connectivity index (χ0n) is 31.6. The Labute approximate surface area is 325 Å². The number of fused-ring (bicyclic) bond motifs is 6. The van der Waals surface area contributed by atoms with Crippen LogP contribution in [0.1, 0.15) is 71.4 Å². The van der Waals surface area contributed by atoms with Crippen LogP contribution in [0.25, 0.3) is 21.5 Å². The van der Waals surface area contributed by atoms with E-state index in [9.17, 15) is 40.6 Å². The predicted molar refractivity (Wildman–Crippen MR) is 211 cm³/mol. The molecular formula is C42H42N2O10S2. The molecule has 0 unspecified atom stereocenters. The maximum absolute atomic E-state index is 14.1. The summed E-state index contributed by atoms with van der Waals surface area (Å²) in [6, 6.07) is 16.5. The summed E-state index contributed by atoms with van der Waals surface area (Å²) in [6.45, 7) is 10.2. The molecule has 56 heavy (non-hydrogen) atoms. The highest BCUT2D eigenvalue weighted by molar-refractivity contribution is 7.86. The van der Waals surface area contributed by atoms with Crippen molar-refractivity contribution in [1.29, 1.82) is 0 Å². The lowest BCUT2D eigenvalue weighted by Gasteiger charge is -2.28. The van der Waals surface area contributed by atoms with Crippen molar-refractivity contribution < 1.29 is 50.3 Å². The Kier molecular flexibility index (Phi) is 9.43. The second-order valence-electron chi connectivity index (χ2n) is 15.5. The van der Waals surface area contributed by atoms with Crippen LogP contribution in [-0.4, -0.2) is 71.3 Å². The number of allylic oxidation sites excluding steroid dienone is 5. The normalized spacial score (nSPS) is 19.1. The number of rotatable bonds is 11. The molecule has 0 radical (unpaired) electrons. The number of nitrogens with zero attached hydrogens (tertiary/aromatic N) is 2. The van der Waals surface area contributed by atoms with Crippen molar-refractivity contribution >= 4 is 70.6 Å². The number of carbonyl (C=O) groups excluding carboxylic acids is 1. The summed E-state index contributed by atoms with van der Waals surface area (Å²) in [5.74, 6) is -1.58. The van der Waals surface area contributed by atoms with Gasteiger partial charge in [-0.05, 0) is 63.5 Å². The number of carboxylic acid groups (broad SMARTS) is 1. The average Bonchev–Trinajstić information content (AvgIpc) is 3.48. The molecule has 0 aromatic heterocycles. The maximum Gasteiger partial charge on any atom is 0.303 e. The first-order valence-corrected chi connectivity index (χ1v) is 21.2. The number of ketones is 1. The lowest BCUT2D eigenvalue weighted by Crippen LogP contribution is -2.32. The minimum atomic E-state index is -4.88. The molecule has 2 heterocycles. The van der Waals surface area contributed by atoms with E-state index in [-0.39, 0.29) is 38.5 Å². The Hall–Kier alpha value is -5.15. The summed E-state index contributed by atoms with van der Waals surface area (Å²) >= 11 is 0. The topological polar surface area (TPSA) is 192 Å². The third-order valence-corrected chi connectivity index (χ3v) is 13.2. The summed E-state index contributed by atoms with van der Waals surface area (Å²) in [6.07, 6.45) is 4.84. The van der Waals surface area contributed by atoms with Crippen molar-refractivity contribution in [3.05, 3.63) is 107 Å². The fourth-order valence-electron chi connectivity index (χ4n) is 8.58. The van der Waals surface area contributed by atoms with E-state index in [4.69, 9.17) is 5.11 Å². The van der Waals surface area contributed by atoms with Crippen LogP contribution >= 0.6 is 0 Å². The Morgan fingerprint density at radius 3 is 2.00 bits per heavy atom. The molecular weight excluding hydrogens is 757 g/mol. The van der Waals surface area contributed by atoms with Crippen LogP contribution in [0.2, 0.25) is 0 Å². The largest absolute Gasteiger partial charge is 0.744 e. The van der Waals surface area contributed by atoms with Crippen molar-refractivity contribution in [3.8, 4) is 0 Å². The maximum atomic E-state index is 14.1. The number of benzene rings is 4. The molecule has 0 fully saturated rings. The van der Waals surface area contributed by atoms with Gasteiger partial charge in [-0.25, -0.2) is 8.42 Å². The van der Waals surface area contributed by atoms with Crippen LogP contribution in [0.5, 0.6) is 0 Å². The standard InChI is InChI=1S/C42H42N2O10S2/c1-6-43-34(41(2,3)30-22-32(55(49,50)51)24-14-9-11-16-26(24)37(30)43)20-28-39(47)29(40(28)48)21-35-42(4,5)31-23-33(56(52,53)54)25-15-10-12-17-27(25)38(31)44(35)19-13-7-8-18-36(45)46/h9-12,14-17,20-23H,6-8,13,18-19H2,1-5H3,(H3-,45,46,47,48,49,50,51,52,53,54). The van der Waals surface area contributed by atoms with Crippen LogP contribution in [-0.2, 0) is 40.7 Å². The fourth-order valence-corrected chi connectivity index (χ4v) is 10.0. The van der Waals surface area contributed by atoms with Crippen LogP contribution in [0.3, 0.4) is 0 Å². The molecule has 0 saturated heterocycles. The van der Waals surface area contributed by atoms with E-state index in [1.165, 1.54) is 12.1 Å². The minimum Gasteiger partial charge on any atom is -0.744 e. The van der Waals surface area contributed by atoms with Crippen molar-refractivity contribution in [1.82, 2.24) is 0 Å². The molecule has 3 aliphatic rings. The number of aliphatic hydroxyl groups excluding tert-OH is 1. The predicted octanol–water partition coefficient (Wildman–Crippen LogP) is 7.19. The van der Waals surface area contributed by atoms with Crippen LogP contribution in [0, 0.1) is 0 Å². The molecule has 292 valence electrons. The van der Waals surface area contributed by atoms with Gasteiger partial charge in [-0.3, -0.25) is 14.1 Å². The van der Waals surface area contributed by atoms with Gasteiger partial charge >= 0.3 is 5.97 Å². The fraction of sp³-hybridized carbons (Fsp3) is 0.310. The number of unbranched alkanes of at least 4 members (excludes halogenated alkanes) is 2. The van der Waals surface area contributed by atoms with E-state index >= 15 is 0 Å². The van der Waals surface area contributed by atoms with Crippen molar-refractivity contribution in [2.75, 3.05) is 18.0 Å². The monoisotopic (exact) mass is 798 g/mol. The van der Waals surface area contributed by atoms with Gasteiger partial charge < -0.3 is 19.7 Å². The van der Waals surface area contributed by atoms with Gasteiger partial charge in [0.05, 0.1) is 32.5 Å². The number of carboxylic acids is 1. The van der Waals surface area contributed by atoms with E-state index in [1.807, 2.05) is 44.1 Å². The van der Waals surface area contributed by atoms with Gasteiger partial charge in [-0.15, -0.1) is 0 Å². The van der Waals surface area contributed by atoms with Gasteiger partial charge in [0.1, 0.15) is 27.3 Å². The highest BCUT2D eigenvalue weighted by Crippen LogP contribution is 2.53. The van der Waals surface area contributed by atoms with Gasteiger partial charge in [-0.2, -0.15) is 13.0 Å². The molecule has 1 aliphatic carbocycles. The summed E-state index contributed by atoms with van der Waals surface area (Å²) in [5, 5.41) is 22.5. The van der Waals surface area contributed by atoms with Crippen molar-refractivity contribution in [3.63, 3.8) is 0 Å². The highest BCUT2D eigenvalue weighted by Gasteiger charge is 2.49. The van der Waals surface area contributed by atoms with Crippen molar-refractivity contribution in [2.24, 2.45) is 0 Å². The molecule has 7 rings (SSSR count). The Morgan fingerprint density at radius 1 is 0.839 bits per heavy atom. The Balaban J connectivity index is 1.37. The second-order valence-corrected chi connectivity index (χ2v) is 18.2. The van der Waals surface area contributed by atoms with E-state index in [1.54, 1.807) is 60.7 Å². The summed E-state index contributed by atoms with van der Waals surface area (Å²) in [7, 11) is -9.47. The Morgan fingerprint density at radius 2 is 1.43 bits per heavy atom. The lowest BCUT2D eigenvalue weighted by atomic mass is 9.77. The van der Waals surface area contributed by atoms with Gasteiger partial charge in [0, 0.05) is 58.3 Å². The average molecular weight is 799 g/mol. The quantitative estimate of drug-likeness (QED) is 0.0602. The van der Waals surface area contributed by atoms with Crippen LogP contribution in [0.15, 0.2) is 105 Å². The second kappa shape index (κ2) is 13.5. The number of hydrogen-bond acceptors (Lipinski definition) is 9. The number of aliphatic carboxylic acids is 1. The molecule has 14 heteroatoms. The molecule has 4 aromatic carbocycles. The minimum absolute atomic E-state index is 0.0110. The molecule has 0 spiro atoms. The summed E-state index contributed by atoms with van der Waals surface area (Å²) < 4.78 is 74.8. The number of anilines is 1. The summed E-state index contributed by atoms with van der Waals surface area (Å²) in [5.41, 5.74) is 2.12. The molecule has 4 aromatic rings. The number of carbonyl (C=O) groups is 2. The molecule has 0 amide bonds. The number of aliphatic hydroxyl groups is 1. The smallest absolute Gasteiger partial charge is 0.303 e. The van der Waals surface area contributed by atoms with E-state index in [0.29, 0.717) is 76.7 Å². The van der Waals surface area contributed by atoms with Crippen LogP contribution in [0.4, 0.5) is 11.4 Å².